The molecule has 46 valence electrons. The topological polar surface area (TPSA) is 24.7 Å². The zero-order valence-electron chi connectivity index (χ0n) is 4.93. The number of hydrogen-bond acceptors (Lipinski definition) is 2. The average Bonchev–Trinajstić information content (AvgIpc) is 1.93. The number of halogens is 1. The fourth-order valence-corrected chi connectivity index (χ4v) is 1.06. The summed E-state index contributed by atoms with van der Waals surface area (Å²) in [6, 6.07) is 2.53. The molecule has 1 aliphatic rings. The molecular weight excluding hydrogens is 227 g/mol. The van der Waals surface area contributed by atoms with Gasteiger partial charge in [-0.05, 0) is 41.2 Å². The van der Waals surface area contributed by atoms with E-state index in [9.17, 15) is 0 Å². The average molecular weight is 232 g/mol. The fraction of sp³-hybridized carbons (Fsp3) is 0.167. The molecule has 0 fully saturated rings. The van der Waals surface area contributed by atoms with Crippen molar-refractivity contribution in [3.63, 3.8) is 0 Å². The Labute approximate surface area is 67.2 Å². The predicted octanol–water partition coefficient (Wildman–Crippen LogP) is 2.35. The van der Waals surface area contributed by atoms with Gasteiger partial charge in [0.15, 0.2) is 0 Å². The number of nitrogens with zero attached hydrogens (tertiary/aromatic N) is 2. The molecule has 0 spiro atoms. The first-order chi connectivity index (χ1) is 4.29. The van der Waals surface area contributed by atoms with Gasteiger partial charge in [0, 0.05) is 6.20 Å². The van der Waals surface area contributed by atoms with Crippen LogP contribution in [0.25, 0.3) is 0 Å². The summed E-state index contributed by atoms with van der Waals surface area (Å²) in [5.74, 6) is 0. The van der Waals surface area contributed by atoms with Crippen molar-refractivity contribution in [3.05, 3.63) is 21.6 Å². The first-order valence-electron chi connectivity index (χ1n) is 2.48. The molecule has 1 aliphatic heterocycles. The Kier molecular flexibility index (Phi) is 2.19. The zero-order chi connectivity index (χ0) is 6.69. The van der Waals surface area contributed by atoms with Gasteiger partial charge in [-0.15, -0.1) is 0 Å². The SMILES string of the molecule is CC1=CN=C=NC(I)=C1. The summed E-state index contributed by atoms with van der Waals surface area (Å²) in [5.41, 5.74) is 1.10. The molecule has 0 saturated carbocycles. The highest BCUT2D eigenvalue weighted by atomic mass is 127. The van der Waals surface area contributed by atoms with E-state index in [0.717, 1.165) is 9.28 Å². The predicted molar refractivity (Wildman–Crippen MR) is 45.7 cm³/mol. The van der Waals surface area contributed by atoms with E-state index in [-0.39, 0.29) is 0 Å². The molecule has 1 rings (SSSR count). The second-order valence-electron chi connectivity index (χ2n) is 1.68. The van der Waals surface area contributed by atoms with Gasteiger partial charge >= 0.3 is 0 Å². The molecule has 0 aliphatic carbocycles. The van der Waals surface area contributed by atoms with Gasteiger partial charge in [0.25, 0.3) is 0 Å². The quantitative estimate of drug-likeness (QED) is 0.452. The van der Waals surface area contributed by atoms with E-state index >= 15 is 0 Å². The van der Waals surface area contributed by atoms with E-state index in [1.54, 1.807) is 6.20 Å². The van der Waals surface area contributed by atoms with Gasteiger partial charge in [0.05, 0.1) is 0 Å². The summed E-state index contributed by atoms with van der Waals surface area (Å²) in [4.78, 5) is 7.62. The van der Waals surface area contributed by atoms with E-state index < -0.39 is 0 Å². The van der Waals surface area contributed by atoms with Crippen LogP contribution < -0.4 is 0 Å². The van der Waals surface area contributed by atoms with Crippen LogP contribution >= 0.6 is 22.6 Å². The Hall–Kier alpha value is -0.410. The Balaban J connectivity index is 3.00. The lowest BCUT2D eigenvalue weighted by molar-refractivity contribution is 1.44. The third-order valence-electron chi connectivity index (χ3n) is 0.830. The Morgan fingerprint density at radius 1 is 1.67 bits per heavy atom. The number of rotatable bonds is 0. The normalized spacial score (nSPS) is 16.7. The molecule has 9 heavy (non-hydrogen) atoms. The minimum absolute atomic E-state index is 0.919. The van der Waals surface area contributed by atoms with Crippen molar-refractivity contribution in [2.75, 3.05) is 0 Å². The van der Waals surface area contributed by atoms with E-state index in [0.29, 0.717) is 0 Å². The van der Waals surface area contributed by atoms with Gasteiger partial charge in [-0.2, -0.15) is 9.98 Å². The van der Waals surface area contributed by atoms with E-state index in [1.807, 2.05) is 13.0 Å². The van der Waals surface area contributed by atoms with E-state index in [4.69, 9.17) is 0 Å². The molecule has 0 radical (unpaired) electrons. The zero-order valence-corrected chi connectivity index (χ0v) is 7.08. The number of aliphatic imine (C=N–C) groups is 2. The second kappa shape index (κ2) is 2.94. The summed E-state index contributed by atoms with van der Waals surface area (Å²) in [7, 11) is 0. The molecule has 0 atom stereocenters. The minimum atomic E-state index is 0.919. The van der Waals surface area contributed by atoms with Gasteiger partial charge in [0.1, 0.15) is 9.71 Å². The Morgan fingerprint density at radius 3 is 3.22 bits per heavy atom. The maximum Gasteiger partial charge on any atom is 0.113 e. The van der Waals surface area contributed by atoms with Crippen LogP contribution in [0.4, 0.5) is 0 Å². The van der Waals surface area contributed by atoms with Crippen LogP contribution in [0.2, 0.25) is 0 Å². The van der Waals surface area contributed by atoms with Crippen molar-refractivity contribution in [1.82, 2.24) is 0 Å². The van der Waals surface area contributed by atoms with E-state index in [2.05, 4.69) is 38.6 Å². The lowest BCUT2D eigenvalue weighted by atomic mass is 10.3. The van der Waals surface area contributed by atoms with Crippen LogP contribution in [0.15, 0.2) is 31.5 Å². The first-order valence-corrected chi connectivity index (χ1v) is 3.56. The molecule has 0 saturated heterocycles. The Morgan fingerprint density at radius 2 is 2.44 bits per heavy atom. The highest BCUT2D eigenvalue weighted by molar-refractivity contribution is 14.1. The molecule has 3 heteroatoms. The van der Waals surface area contributed by atoms with Crippen LogP contribution in [0.1, 0.15) is 6.92 Å². The van der Waals surface area contributed by atoms with Crippen molar-refractivity contribution in [3.8, 4) is 0 Å². The third-order valence-corrected chi connectivity index (χ3v) is 1.38. The van der Waals surface area contributed by atoms with Crippen molar-refractivity contribution in [1.29, 1.82) is 0 Å². The van der Waals surface area contributed by atoms with Crippen LogP contribution in [-0.4, -0.2) is 6.01 Å². The molecule has 2 nitrogen and oxygen atoms in total. The van der Waals surface area contributed by atoms with Crippen molar-refractivity contribution in [2.45, 2.75) is 6.92 Å². The van der Waals surface area contributed by atoms with Gasteiger partial charge in [-0.25, -0.2) is 0 Å². The third kappa shape index (κ3) is 2.11. The Bertz CT molecular complexity index is 231. The highest BCUT2D eigenvalue weighted by Gasteiger charge is 1.88. The van der Waals surface area contributed by atoms with Crippen molar-refractivity contribution >= 4 is 28.6 Å². The molecule has 0 aromatic heterocycles. The molecule has 1 heterocycles. The summed E-state index contributed by atoms with van der Waals surface area (Å²) in [5, 5.41) is 0. The van der Waals surface area contributed by atoms with E-state index in [1.165, 1.54) is 0 Å². The van der Waals surface area contributed by atoms with Crippen LogP contribution in [-0.2, 0) is 0 Å². The summed E-state index contributed by atoms with van der Waals surface area (Å²) in [6.07, 6.45) is 3.68. The molecule has 0 N–H and O–H groups in total. The summed E-state index contributed by atoms with van der Waals surface area (Å²) >= 11 is 2.13. The monoisotopic (exact) mass is 232 g/mol. The lowest BCUT2D eigenvalue weighted by Gasteiger charge is -1.83. The van der Waals surface area contributed by atoms with Crippen LogP contribution in [0.3, 0.4) is 0 Å². The number of allylic oxidation sites excluding steroid dienone is 2. The molecule has 0 aromatic rings. The first kappa shape index (κ1) is 6.71. The van der Waals surface area contributed by atoms with Crippen molar-refractivity contribution in [2.24, 2.45) is 9.98 Å². The molecular formula is C6H5IN2. The lowest BCUT2D eigenvalue weighted by Crippen LogP contribution is -1.64. The van der Waals surface area contributed by atoms with Crippen LogP contribution in [0, 0.1) is 0 Å². The molecule has 0 amide bonds. The minimum Gasteiger partial charge on any atom is -0.195 e. The van der Waals surface area contributed by atoms with Crippen molar-refractivity contribution < 1.29 is 0 Å². The fourth-order valence-electron chi connectivity index (χ4n) is 0.465. The number of hydrogen-bond donors (Lipinski definition) is 0. The summed E-state index contributed by atoms with van der Waals surface area (Å²) < 4.78 is 0.919. The van der Waals surface area contributed by atoms with Crippen LogP contribution in [0.5, 0.6) is 0 Å². The molecule has 0 bridgehead atoms. The molecule has 0 unspecified atom stereocenters. The van der Waals surface area contributed by atoms with Gasteiger partial charge in [-0.3, -0.25) is 0 Å². The maximum atomic E-state index is 3.85. The maximum absolute atomic E-state index is 3.85. The van der Waals surface area contributed by atoms with Gasteiger partial charge in [0.2, 0.25) is 0 Å². The smallest absolute Gasteiger partial charge is 0.113 e. The highest BCUT2D eigenvalue weighted by Crippen LogP contribution is 2.11. The standard InChI is InChI=1S/C6H5IN2/c1-5-2-6(7)9-4-8-3-5/h2-3H,1H3. The molecule has 0 aromatic carbocycles. The second-order valence-corrected chi connectivity index (χ2v) is 2.79. The van der Waals surface area contributed by atoms with Gasteiger partial charge < -0.3 is 0 Å². The van der Waals surface area contributed by atoms with Gasteiger partial charge in [-0.1, -0.05) is 0 Å². The largest absolute Gasteiger partial charge is 0.195 e. The summed E-state index contributed by atoms with van der Waals surface area (Å²) in [6.45, 7) is 1.98.